The number of nitrogens with one attached hydrogen (secondary N) is 1. The molecule has 1 N–H and O–H groups in total. The normalized spacial score (nSPS) is 22.1. The molecule has 0 aliphatic carbocycles. The second kappa shape index (κ2) is 6.86. The van der Waals surface area contributed by atoms with Crippen LogP contribution in [0.15, 0.2) is 12.7 Å². The Labute approximate surface area is 153 Å². The molecule has 142 valence electrons. The summed E-state index contributed by atoms with van der Waals surface area (Å²) >= 11 is 0. The minimum absolute atomic E-state index is 0.0948. The molecular weight excluding hydrogens is 356 g/mol. The molecule has 26 heavy (non-hydrogen) atoms. The van der Waals surface area contributed by atoms with E-state index in [-0.39, 0.29) is 35.3 Å². The average molecular weight is 380 g/mol. The zero-order chi connectivity index (χ0) is 19.1. The molecule has 0 saturated carbocycles. The molecule has 2 aliphatic rings. The van der Waals surface area contributed by atoms with E-state index in [2.05, 4.69) is 17.0 Å². The lowest BCUT2D eigenvalue weighted by Gasteiger charge is -2.38. The van der Waals surface area contributed by atoms with Crippen molar-refractivity contribution in [3.8, 4) is 0 Å². The monoisotopic (exact) mass is 380 g/mol. The summed E-state index contributed by atoms with van der Waals surface area (Å²) in [5, 5.41) is 7.35. The maximum Gasteiger partial charge on any atom is 0.245 e. The number of rotatable bonds is 5. The van der Waals surface area contributed by atoms with Crippen molar-refractivity contribution in [2.45, 2.75) is 32.7 Å². The molecule has 0 spiro atoms. The maximum absolute atomic E-state index is 12.3. The zero-order valence-corrected chi connectivity index (χ0v) is 15.9. The van der Waals surface area contributed by atoms with Crippen LogP contribution >= 0.6 is 0 Å². The van der Waals surface area contributed by atoms with E-state index in [1.165, 1.54) is 6.08 Å². The van der Waals surface area contributed by atoms with Crippen LogP contribution in [0.5, 0.6) is 0 Å². The van der Waals surface area contributed by atoms with Crippen LogP contribution < -0.4 is 5.32 Å². The fourth-order valence-electron chi connectivity index (χ4n) is 3.63. The van der Waals surface area contributed by atoms with E-state index in [0.29, 0.717) is 37.3 Å². The number of hydrogen-bond donors (Lipinski definition) is 1. The number of aromatic nitrogens is 2. The lowest BCUT2D eigenvalue weighted by atomic mass is 9.96. The smallest absolute Gasteiger partial charge is 0.245 e. The summed E-state index contributed by atoms with van der Waals surface area (Å²) in [6, 6.07) is -0.172. The van der Waals surface area contributed by atoms with E-state index in [1.54, 1.807) is 16.5 Å². The maximum atomic E-state index is 12.3. The van der Waals surface area contributed by atoms with E-state index in [4.69, 9.17) is 0 Å². The Kier molecular flexibility index (Phi) is 4.92. The molecule has 1 aromatic rings. The molecule has 0 aromatic carbocycles. The first-order chi connectivity index (χ1) is 12.2. The fraction of sp³-hybridized carbons (Fsp3) is 0.588. The number of anilines is 1. The Morgan fingerprint density at radius 1 is 1.35 bits per heavy atom. The second-order valence-corrected chi connectivity index (χ2v) is 9.34. The summed E-state index contributed by atoms with van der Waals surface area (Å²) in [6.45, 7) is 8.22. The molecule has 1 aromatic heterocycles. The van der Waals surface area contributed by atoms with Crippen molar-refractivity contribution >= 4 is 27.3 Å². The van der Waals surface area contributed by atoms with E-state index in [1.807, 2.05) is 6.92 Å². The highest BCUT2D eigenvalue weighted by molar-refractivity contribution is 7.91. The van der Waals surface area contributed by atoms with Crippen molar-refractivity contribution in [3.63, 3.8) is 0 Å². The lowest BCUT2D eigenvalue weighted by Crippen LogP contribution is -2.50. The Morgan fingerprint density at radius 2 is 2.04 bits per heavy atom. The van der Waals surface area contributed by atoms with Gasteiger partial charge in [0.15, 0.2) is 9.84 Å². The fourth-order valence-corrected chi connectivity index (χ4v) is 5.32. The highest BCUT2D eigenvalue weighted by Crippen LogP contribution is 2.29. The number of nitrogens with zero attached hydrogens (tertiary/aromatic N) is 3. The van der Waals surface area contributed by atoms with E-state index < -0.39 is 9.84 Å². The molecule has 2 aliphatic heterocycles. The van der Waals surface area contributed by atoms with E-state index in [0.717, 1.165) is 5.69 Å². The third kappa shape index (κ3) is 3.67. The molecule has 3 heterocycles. The molecule has 8 nitrogen and oxygen atoms in total. The molecule has 3 rings (SSSR count). The minimum Gasteiger partial charge on any atom is -0.338 e. The first kappa shape index (κ1) is 18.6. The topological polar surface area (TPSA) is 101 Å². The molecular formula is C17H24N4O4S. The summed E-state index contributed by atoms with van der Waals surface area (Å²) in [6.07, 6.45) is 2.16. The van der Waals surface area contributed by atoms with Crippen LogP contribution in [0.3, 0.4) is 0 Å². The SMILES string of the molecule is C=CC(=O)N1CC(CC(=O)Nc2c(C)nn(C3CCS(=O)(=O)C3)c2C)C1. The van der Waals surface area contributed by atoms with Gasteiger partial charge in [-0.15, -0.1) is 0 Å². The van der Waals surface area contributed by atoms with Crippen LogP contribution in [0, 0.1) is 19.8 Å². The summed E-state index contributed by atoms with van der Waals surface area (Å²) in [5.74, 6) is 0.192. The van der Waals surface area contributed by atoms with Gasteiger partial charge >= 0.3 is 0 Å². The van der Waals surface area contributed by atoms with Gasteiger partial charge in [-0.2, -0.15) is 5.10 Å². The molecule has 0 bridgehead atoms. The zero-order valence-electron chi connectivity index (χ0n) is 15.1. The van der Waals surface area contributed by atoms with Crippen molar-refractivity contribution in [3.05, 3.63) is 24.0 Å². The van der Waals surface area contributed by atoms with Gasteiger partial charge in [0.05, 0.1) is 34.6 Å². The van der Waals surface area contributed by atoms with Crippen LogP contribution in [-0.4, -0.2) is 59.5 Å². The molecule has 9 heteroatoms. The van der Waals surface area contributed by atoms with Crippen molar-refractivity contribution in [2.75, 3.05) is 29.9 Å². The molecule has 2 fully saturated rings. The molecule has 1 unspecified atom stereocenters. The largest absolute Gasteiger partial charge is 0.338 e. The number of likely N-dealkylation sites (tertiary alicyclic amines) is 1. The predicted molar refractivity (Wildman–Crippen MR) is 97.5 cm³/mol. The summed E-state index contributed by atoms with van der Waals surface area (Å²) in [5.41, 5.74) is 2.10. The van der Waals surface area contributed by atoms with Gasteiger partial charge in [-0.1, -0.05) is 6.58 Å². The van der Waals surface area contributed by atoms with Gasteiger partial charge in [-0.3, -0.25) is 14.3 Å². The first-order valence-corrected chi connectivity index (χ1v) is 10.5. The molecule has 1 atom stereocenters. The number of carbonyl (C=O) groups excluding carboxylic acids is 2. The third-order valence-corrected chi connectivity index (χ3v) is 6.81. The van der Waals surface area contributed by atoms with Gasteiger partial charge in [-0.25, -0.2) is 8.42 Å². The number of amides is 2. The third-order valence-electron chi connectivity index (χ3n) is 5.06. The van der Waals surface area contributed by atoms with E-state index in [9.17, 15) is 18.0 Å². The Balaban J connectivity index is 1.61. The Hall–Kier alpha value is -2.16. The molecule has 0 radical (unpaired) electrons. The summed E-state index contributed by atoms with van der Waals surface area (Å²) in [7, 11) is -3.00. The summed E-state index contributed by atoms with van der Waals surface area (Å²) in [4.78, 5) is 25.4. The van der Waals surface area contributed by atoms with Crippen LogP contribution in [-0.2, 0) is 19.4 Å². The molecule has 2 saturated heterocycles. The Morgan fingerprint density at radius 3 is 2.62 bits per heavy atom. The van der Waals surface area contributed by atoms with E-state index >= 15 is 0 Å². The van der Waals surface area contributed by atoms with Crippen molar-refractivity contribution < 1.29 is 18.0 Å². The standard InChI is InChI=1S/C17H24N4O4S/c1-4-16(23)20-8-13(9-20)7-15(22)18-17-11(2)19-21(12(17)3)14-5-6-26(24,25)10-14/h4,13-14H,1,5-10H2,2-3H3,(H,18,22). The number of aryl methyl sites for hydroxylation is 1. The summed E-state index contributed by atoms with van der Waals surface area (Å²) < 4.78 is 25.1. The lowest BCUT2D eigenvalue weighted by molar-refractivity contribution is -0.134. The van der Waals surface area contributed by atoms with Gasteiger partial charge in [0.1, 0.15) is 0 Å². The number of hydrogen-bond acceptors (Lipinski definition) is 5. The van der Waals surface area contributed by atoms with Gasteiger partial charge in [0.25, 0.3) is 0 Å². The van der Waals surface area contributed by atoms with Gasteiger partial charge in [0.2, 0.25) is 11.8 Å². The Bertz CT molecular complexity index is 852. The van der Waals surface area contributed by atoms with Crippen LogP contribution in [0.25, 0.3) is 0 Å². The van der Waals surface area contributed by atoms with Crippen molar-refractivity contribution in [1.29, 1.82) is 0 Å². The minimum atomic E-state index is -3.00. The second-order valence-electron chi connectivity index (χ2n) is 7.11. The van der Waals surface area contributed by atoms with Gasteiger partial charge < -0.3 is 10.2 Å². The highest BCUT2D eigenvalue weighted by atomic mass is 32.2. The quantitative estimate of drug-likeness (QED) is 0.763. The highest BCUT2D eigenvalue weighted by Gasteiger charge is 2.33. The molecule has 2 amide bonds. The van der Waals surface area contributed by atoms with Crippen LogP contribution in [0.2, 0.25) is 0 Å². The van der Waals surface area contributed by atoms with Gasteiger partial charge in [-0.05, 0) is 26.3 Å². The van der Waals surface area contributed by atoms with Crippen LogP contribution in [0.1, 0.15) is 30.3 Å². The van der Waals surface area contributed by atoms with Crippen LogP contribution in [0.4, 0.5) is 5.69 Å². The van der Waals surface area contributed by atoms with Crippen molar-refractivity contribution in [2.24, 2.45) is 5.92 Å². The predicted octanol–water partition coefficient (Wildman–Crippen LogP) is 0.833. The number of carbonyl (C=O) groups is 2. The first-order valence-electron chi connectivity index (χ1n) is 8.67. The van der Waals surface area contributed by atoms with Crippen molar-refractivity contribution in [1.82, 2.24) is 14.7 Å². The van der Waals surface area contributed by atoms with Gasteiger partial charge in [0, 0.05) is 25.4 Å². The average Bonchev–Trinajstić information content (AvgIpc) is 3.03. The number of sulfone groups is 1.